The third-order valence-corrected chi connectivity index (χ3v) is 5.58. The zero-order valence-corrected chi connectivity index (χ0v) is 17.5. The lowest BCUT2D eigenvalue weighted by atomic mass is 10.0. The second-order valence-corrected chi connectivity index (χ2v) is 9.27. The van der Waals surface area contributed by atoms with Crippen molar-refractivity contribution >= 4 is 32.7 Å². The largest absolute Gasteiger partial charge is 0.434 e. The third-order valence-electron chi connectivity index (χ3n) is 4.47. The van der Waals surface area contributed by atoms with Crippen molar-refractivity contribution in [3.8, 4) is 0 Å². The molecule has 0 aliphatic heterocycles. The fourth-order valence-electron chi connectivity index (χ4n) is 2.92. The number of carbonyl (C=O) groups is 1. The van der Waals surface area contributed by atoms with Gasteiger partial charge in [0.25, 0.3) is 5.91 Å². The number of H-pyrrole nitrogens is 1. The number of fused-ring (bicyclic) bond motifs is 1. The maximum absolute atomic E-state index is 13.3. The summed E-state index contributed by atoms with van der Waals surface area (Å²) in [5.41, 5.74) is 3.64. The van der Waals surface area contributed by atoms with Crippen LogP contribution in [0.25, 0.3) is 11.0 Å². The molecule has 0 aliphatic carbocycles. The summed E-state index contributed by atoms with van der Waals surface area (Å²) in [6.07, 6.45) is -3.11. The van der Waals surface area contributed by atoms with Gasteiger partial charge in [-0.2, -0.15) is 13.2 Å². The summed E-state index contributed by atoms with van der Waals surface area (Å²) in [5, 5.41) is 2.79. The molecule has 0 aliphatic rings. The number of benzene rings is 1. The number of hydrogen-bond donors (Lipinski definition) is 3. The van der Waals surface area contributed by atoms with E-state index in [9.17, 15) is 26.4 Å². The topological polar surface area (TPSA) is 144 Å². The van der Waals surface area contributed by atoms with Gasteiger partial charge in [-0.25, -0.2) is 23.4 Å². The van der Waals surface area contributed by atoms with Crippen molar-refractivity contribution in [3.63, 3.8) is 0 Å². The number of aromatic amines is 1. The quantitative estimate of drug-likeness (QED) is 0.517. The number of hydrogen-bond acceptors (Lipinski definition) is 7. The van der Waals surface area contributed by atoms with Crippen molar-refractivity contribution in [3.05, 3.63) is 41.5 Å². The highest BCUT2D eigenvalue weighted by Crippen LogP contribution is 2.32. The van der Waals surface area contributed by atoms with Gasteiger partial charge < -0.3 is 16.0 Å². The molecule has 1 unspecified atom stereocenters. The van der Waals surface area contributed by atoms with E-state index in [-0.39, 0.29) is 16.8 Å². The van der Waals surface area contributed by atoms with Crippen LogP contribution in [-0.2, 0) is 16.0 Å². The van der Waals surface area contributed by atoms with Crippen LogP contribution < -0.4 is 11.1 Å². The highest BCUT2D eigenvalue weighted by atomic mass is 32.2. The molecule has 1 aromatic carbocycles. The first-order chi connectivity index (χ1) is 14.3. The molecular formula is C18H19F3N6O3S. The summed E-state index contributed by atoms with van der Waals surface area (Å²) >= 11 is 0. The van der Waals surface area contributed by atoms with Gasteiger partial charge >= 0.3 is 6.18 Å². The second-order valence-electron chi connectivity index (χ2n) is 7.26. The normalized spacial score (nSPS) is 13.5. The van der Waals surface area contributed by atoms with Gasteiger partial charge in [-0.1, -0.05) is 13.8 Å². The third kappa shape index (κ3) is 4.76. The molecule has 0 spiro atoms. The van der Waals surface area contributed by atoms with E-state index in [4.69, 9.17) is 5.73 Å². The minimum absolute atomic E-state index is 0.101. The Balaban J connectivity index is 2.01. The van der Waals surface area contributed by atoms with Gasteiger partial charge in [0.2, 0.25) is 5.95 Å². The van der Waals surface area contributed by atoms with Crippen molar-refractivity contribution in [2.75, 3.05) is 11.6 Å². The van der Waals surface area contributed by atoms with Gasteiger partial charge in [-0.3, -0.25) is 4.79 Å². The Kier molecular flexibility index (Phi) is 5.65. The number of imidazole rings is 1. The number of amides is 1. The van der Waals surface area contributed by atoms with Crippen molar-refractivity contribution in [1.82, 2.24) is 19.9 Å². The molecule has 0 bridgehead atoms. The first kappa shape index (κ1) is 22.5. The number of halogens is 3. The Morgan fingerprint density at radius 1 is 1.23 bits per heavy atom. The number of anilines is 1. The van der Waals surface area contributed by atoms with Crippen molar-refractivity contribution in [1.29, 1.82) is 0 Å². The van der Waals surface area contributed by atoms with Crippen molar-refractivity contribution < 1.29 is 26.4 Å². The van der Waals surface area contributed by atoms with Gasteiger partial charge in [0.1, 0.15) is 5.82 Å². The fraction of sp³-hybridized carbons (Fsp3) is 0.333. The molecule has 4 N–H and O–H groups in total. The number of nitrogens with one attached hydrogen (secondary N) is 2. The summed E-state index contributed by atoms with van der Waals surface area (Å²) in [6, 6.07) is 3.73. The van der Waals surface area contributed by atoms with E-state index >= 15 is 0 Å². The van der Waals surface area contributed by atoms with Crippen LogP contribution in [0.1, 0.15) is 41.8 Å². The number of rotatable bonds is 6. The van der Waals surface area contributed by atoms with E-state index in [1.165, 1.54) is 18.2 Å². The molecule has 166 valence electrons. The molecule has 2 heterocycles. The smallest absolute Gasteiger partial charge is 0.365 e. The molecule has 3 rings (SSSR count). The van der Waals surface area contributed by atoms with Crippen LogP contribution in [0.3, 0.4) is 0 Å². The molecule has 1 amide bonds. The summed E-state index contributed by atoms with van der Waals surface area (Å²) in [4.78, 5) is 26.0. The van der Waals surface area contributed by atoms with E-state index < -0.39 is 39.2 Å². The Bertz CT molecular complexity index is 1250. The lowest BCUT2D eigenvalue weighted by Crippen LogP contribution is -2.24. The highest BCUT2D eigenvalue weighted by molar-refractivity contribution is 7.90. The van der Waals surface area contributed by atoms with Crippen LogP contribution in [0.15, 0.2) is 29.3 Å². The Hall–Kier alpha value is -3.22. The summed E-state index contributed by atoms with van der Waals surface area (Å²) in [7, 11) is -3.43. The first-order valence-electron chi connectivity index (χ1n) is 8.97. The number of alkyl halides is 3. The molecule has 0 saturated heterocycles. The molecule has 0 saturated carbocycles. The van der Waals surface area contributed by atoms with Gasteiger partial charge in [-0.05, 0) is 24.1 Å². The van der Waals surface area contributed by atoms with Crippen molar-refractivity contribution in [2.24, 2.45) is 11.7 Å². The first-order valence-corrected chi connectivity index (χ1v) is 10.9. The summed E-state index contributed by atoms with van der Waals surface area (Å²) in [5.74, 6) is -1.48. The van der Waals surface area contributed by atoms with E-state index in [1.807, 2.05) is 0 Å². The van der Waals surface area contributed by atoms with Crippen LogP contribution in [-0.4, -0.2) is 40.5 Å². The van der Waals surface area contributed by atoms with Crippen LogP contribution in [0.4, 0.5) is 19.1 Å². The number of aromatic nitrogens is 4. The van der Waals surface area contributed by atoms with E-state index in [0.717, 1.165) is 12.5 Å². The minimum Gasteiger partial charge on any atom is -0.365 e. The maximum Gasteiger partial charge on any atom is 0.434 e. The molecule has 31 heavy (non-hydrogen) atoms. The SMILES string of the molecule is CC(C)C(Nc1ncc(C(N)=O)c(C(F)(F)F)n1)c1nc2ccc(S(C)(=O)=O)cc2[nH]1. The summed E-state index contributed by atoms with van der Waals surface area (Å²) < 4.78 is 63.4. The van der Waals surface area contributed by atoms with Gasteiger partial charge in [-0.15, -0.1) is 0 Å². The number of primary amides is 1. The van der Waals surface area contributed by atoms with Gasteiger partial charge in [0, 0.05) is 12.5 Å². The Morgan fingerprint density at radius 3 is 2.45 bits per heavy atom. The molecule has 9 nitrogen and oxygen atoms in total. The van der Waals surface area contributed by atoms with Crippen LogP contribution in [0.2, 0.25) is 0 Å². The number of sulfone groups is 1. The predicted molar refractivity (Wildman–Crippen MR) is 106 cm³/mol. The minimum atomic E-state index is -4.90. The average molecular weight is 456 g/mol. The van der Waals surface area contributed by atoms with E-state index in [2.05, 4.69) is 25.3 Å². The molecule has 0 fully saturated rings. The Morgan fingerprint density at radius 2 is 1.90 bits per heavy atom. The zero-order chi connectivity index (χ0) is 23.1. The fourth-order valence-corrected chi connectivity index (χ4v) is 3.57. The van der Waals surface area contributed by atoms with Crippen LogP contribution in [0.5, 0.6) is 0 Å². The summed E-state index contributed by atoms with van der Waals surface area (Å²) in [6.45, 7) is 3.60. The molecule has 13 heteroatoms. The molecule has 0 radical (unpaired) electrons. The maximum atomic E-state index is 13.3. The molecule has 1 atom stereocenters. The van der Waals surface area contributed by atoms with E-state index in [0.29, 0.717) is 16.9 Å². The van der Waals surface area contributed by atoms with Crippen LogP contribution in [0, 0.1) is 5.92 Å². The monoisotopic (exact) mass is 456 g/mol. The zero-order valence-electron chi connectivity index (χ0n) is 16.6. The highest BCUT2D eigenvalue weighted by Gasteiger charge is 2.38. The lowest BCUT2D eigenvalue weighted by molar-refractivity contribution is -0.141. The van der Waals surface area contributed by atoms with Gasteiger partial charge in [0.05, 0.1) is 27.5 Å². The second kappa shape index (κ2) is 7.80. The average Bonchev–Trinajstić information content (AvgIpc) is 3.06. The number of nitrogens with two attached hydrogens (primary N) is 1. The predicted octanol–water partition coefficient (Wildman–Crippen LogP) is 2.68. The molecular weight excluding hydrogens is 437 g/mol. The molecule has 3 aromatic rings. The van der Waals surface area contributed by atoms with E-state index in [1.54, 1.807) is 13.8 Å². The lowest BCUT2D eigenvalue weighted by Gasteiger charge is -2.21. The van der Waals surface area contributed by atoms with Crippen molar-refractivity contribution in [2.45, 2.75) is 31.0 Å². The van der Waals surface area contributed by atoms with Gasteiger partial charge in [0.15, 0.2) is 15.5 Å². The number of nitrogens with zero attached hydrogens (tertiary/aromatic N) is 3. The van der Waals surface area contributed by atoms with Crippen LogP contribution >= 0.6 is 0 Å². The molecule has 2 aromatic heterocycles. The number of carbonyl (C=O) groups excluding carboxylic acids is 1. The Labute approximate surface area is 175 Å². The standard InChI is InChI=1S/C18H19F3N6O3S/c1-8(2)13(16-24-11-5-4-9(31(3,29)30)6-12(11)25-16)26-17-23-7-10(15(22)28)14(27-17)18(19,20)21/h4-8,13H,1-3H3,(H2,22,28)(H,24,25)(H,23,26,27).